The van der Waals surface area contributed by atoms with Crippen molar-refractivity contribution in [2.45, 2.75) is 65.0 Å². The first-order valence-electron chi connectivity index (χ1n) is 7.51. The van der Waals surface area contributed by atoms with Crippen LogP contribution >= 0.6 is 0 Å². The summed E-state index contributed by atoms with van der Waals surface area (Å²) in [5, 5.41) is 6.28. The molecule has 5 nitrogen and oxygen atoms in total. The lowest BCUT2D eigenvalue weighted by Gasteiger charge is -2.14. The zero-order chi connectivity index (χ0) is 14.5. The van der Waals surface area contributed by atoms with Gasteiger partial charge in [0, 0.05) is 17.8 Å². The highest BCUT2D eigenvalue weighted by Crippen LogP contribution is 2.18. The molecule has 1 fully saturated rings. The van der Waals surface area contributed by atoms with Crippen molar-refractivity contribution in [3.05, 3.63) is 17.5 Å². The maximum Gasteiger partial charge on any atom is 0.270 e. The number of rotatable bonds is 5. The predicted octanol–water partition coefficient (Wildman–Crippen LogP) is 2.67. The first-order chi connectivity index (χ1) is 9.58. The molecule has 110 valence electrons. The van der Waals surface area contributed by atoms with Crippen LogP contribution in [0.15, 0.2) is 6.07 Å². The minimum absolute atomic E-state index is 0.0883. The maximum atomic E-state index is 12.2. The number of aromatic nitrogens is 2. The Kier molecular flexibility index (Phi) is 4.93. The lowest BCUT2D eigenvalue weighted by Crippen LogP contribution is -2.33. The van der Waals surface area contributed by atoms with E-state index in [0.29, 0.717) is 23.7 Å². The number of carbonyl (C=O) groups is 1. The van der Waals surface area contributed by atoms with Crippen LogP contribution in [0.3, 0.4) is 0 Å². The van der Waals surface area contributed by atoms with Gasteiger partial charge in [0.25, 0.3) is 5.91 Å². The number of carbonyl (C=O) groups excluding carboxylic acids is 1. The lowest BCUT2D eigenvalue weighted by molar-refractivity contribution is 0.0932. The Morgan fingerprint density at radius 1 is 1.40 bits per heavy atom. The second-order valence-corrected chi connectivity index (χ2v) is 5.63. The SMILES string of the molecule is CCC(C)Nc1nc(C)cc(C(=O)NC2CCCC2)n1. The molecule has 1 aliphatic rings. The summed E-state index contributed by atoms with van der Waals surface area (Å²) in [4.78, 5) is 20.9. The van der Waals surface area contributed by atoms with E-state index in [1.807, 2.05) is 6.92 Å². The summed E-state index contributed by atoms with van der Waals surface area (Å²) in [6.45, 7) is 6.06. The van der Waals surface area contributed by atoms with E-state index in [0.717, 1.165) is 25.0 Å². The van der Waals surface area contributed by atoms with Crippen molar-refractivity contribution in [3.63, 3.8) is 0 Å². The highest BCUT2D eigenvalue weighted by molar-refractivity contribution is 5.92. The minimum Gasteiger partial charge on any atom is -0.352 e. The predicted molar refractivity (Wildman–Crippen MR) is 79.9 cm³/mol. The zero-order valence-corrected chi connectivity index (χ0v) is 12.6. The lowest BCUT2D eigenvalue weighted by atomic mass is 10.2. The van der Waals surface area contributed by atoms with E-state index in [2.05, 4.69) is 34.4 Å². The van der Waals surface area contributed by atoms with Crippen LogP contribution in [0.1, 0.15) is 62.1 Å². The molecule has 1 unspecified atom stereocenters. The Morgan fingerprint density at radius 2 is 2.10 bits per heavy atom. The quantitative estimate of drug-likeness (QED) is 0.867. The van der Waals surface area contributed by atoms with Crippen molar-refractivity contribution in [1.82, 2.24) is 15.3 Å². The van der Waals surface area contributed by atoms with Gasteiger partial charge in [-0.05, 0) is 39.2 Å². The molecule has 1 aromatic rings. The number of hydrogen-bond acceptors (Lipinski definition) is 4. The number of amides is 1. The average Bonchev–Trinajstić information content (AvgIpc) is 2.90. The first-order valence-corrected chi connectivity index (χ1v) is 7.51. The molecule has 1 aromatic heterocycles. The fraction of sp³-hybridized carbons (Fsp3) is 0.667. The molecule has 0 bridgehead atoms. The number of nitrogens with one attached hydrogen (secondary N) is 2. The van der Waals surface area contributed by atoms with Crippen LogP contribution < -0.4 is 10.6 Å². The molecule has 0 radical (unpaired) electrons. The summed E-state index contributed by atoms with van der Waals surface area (Å²) in [7, 11) is 0. The molecule has 1 atom stereocenters. The van der Waals surface area contributed by atoms with Crippen LogP contribution in [0.2, 0.25) is 0 Å². The van der Waals surface area contributed by atoms with Crippen molar-refractivity contribution < 1.29 is 4.79 Å². The number of nitrogens with zero attached hydrogens (tertiary/aromatic N) is 2. The van der Waals surface area contributed by atoms with E-state index in [4.69, 9.17) is 0 Å². The van der Waals surface area contributed by atoms with Gasteiger partial charge in [-0.25, -0.2) is 9.97 Å². The minimum atomic E-state index is -0.0883. The Balaban J connectivity index is 2.07. The molecule has 5 heteroatoms. The third kappa shape index (κ3) is 3.92. The maximum absolute atomic E-state index is 12.2. The molecule has 20 heavy (non-hydrogen) atoms. The molecule has 1 saturated carbocycles. The smallest absolute Gasteiger partial charge is 0.270 e. The Morgan fingerprint density at radius 3 is 2.75 bits per heavy atom. The van der Waals surface area contributed by atoms with E-state index < -0.39 is 0 Å². The second kappa shape index (κ2) is 6.68. The van der Waals surface area contributed by atoms with E-state index in [-0.39, 0.29) is 5.91 Å². The van der Waals surface area contributed by atoms with Crippen molar-refractivity contribution in [2.24, 2.45) is 0 Å². The van der Waals surface area contributed by atoms with Gasteiger partial charge in [0.2, 0.25) is 5.95 Å². The number of aryl methyl sites for hydroxylation is 1. The fourth-order valence-corrected chi connectivity index (χ4v) is 2.40. The van der Waals surface area contributed by atoms with Crippen LogP contribution in [0.4, 0.5) is 5.95 Å². The first kappa shape index (κ1) is 14.8. The van der Waals surface area contributed by atoms with Gasteiger partial charge in [-0.2, -0.15) is 0 Å². The summed E-state index contributed by atoms with van der Waals surface area (Å²) in [6, 6.07) is 2.35. The third-order valence-corrected chi connectivity index (χ3v) is 3.77. The molecule has 2 N–H and O–H groups in total. The van der Waals surface area contributed by atoms with Gasteiger partial charge in [0.1, 0.15) is 5.69 Å². The van der Waals surface area contributed by atoms with Crippen molar-refractivity contribution in [2.75, 3.05) is 5.32 Å². The van der Waals surface area contributed by atoms with Gasteiger partial charge < -0.3 is 10.6 Å². The molecule has 2 rings (SSSR count). The zero-order valence-electron chi connectivity index (χ0n) is 12.6. The van der Waals surface area contributed by atoms with Crippen molar-refractivity contribution in [3.8, 4) is 0 Å². The highest BCUT2D eigenvalue weighted by atomic mass is 16.1. The molecule has 1 aliphatic carbocycles. The van der Waals surface area contributed by atoms with Gasteiger partial charge in [0.05, 0.1) is 0 Å². The van der Waals surface area contributed by atoms with Crippen LogP contribution in [-0.4, -0.2) is 28.0 Å². The highest BCUT2D eigenvalue weighted by Gasteiger charge is 2.19. The average molecular weight is 276 g/mol. The molecule has 0 saturated heterocycles. The summed E-state index contributed by atoms with van der Waals surface area (Å²) in [5.41, 5.74) is 1.26. The topological polar surface area (TPSA) is 66.9 Å². The van der Waals surface area contributed by atoms with E-state index in [9.17, 15) is 4.79 Å². The van der Waals surface area contributed by atoms with Crippen LogP contribution in [0, 0.1) is 6.92 Å². The van der Waals surface area contributed by atoms with Crippen LogP contribution in [0.5, 0.6) is 0 Å². The Labute approximate surface area is 120 Å². The van der Waals surface area contributed by atoms with Crippen LogP contribution in [-0.2, 0) is 0 Å². The number of anilines is 1. The summed E-state index contributed by atoms with van der Waals surface area (Å²) in [6.07, 6.45) is 5.55. The Hall–Kier alpha value is -1.65. The third-order valence-electron chi connectivity index (χ3n) is 3.77. The molecular formula is C15H24N4O. The molecule has 0 spiro atoms. The van der Waals surface area contributed by atoms with Gasteiger partial charge in [-0.15, -0.1) is 0 Å². The normalized spacial score (nSPS) is 16.9. The van der Waals surface area contributed by atoms with E-state index in [1.54, 1.807) is 6.07 Å². The summed E-state index contributed by atoms with van der Waals surface area (Å²) < 4.78 is 0. The van der Waals surface area contributed by atoms with Gasteiger partial charge in [0.15, 0.2) is 0 Å². The summed E-state index contributed by atoms with van der Waals surface area (Å²) in [5.74, 6) is 0.450. The van der Waals surface area contributed by atoms with Crippen molar-refractivity contribution in [1.29, 1.82) is 0 Å². The van der Waals surface area contributed by atoms with Gasteiger partial charge in [-0.1, -0.05) is 19.8 Å². The molecule has 1 heterocycles. The van der Waals surface area contributed by atoms with E-state index >= 15 is 0 Å². The molecule has 1 amide bonds. The standard InChI is InChI=1S/C15H24N4O/c1-4-10(2)16-15-17-11(3)9-13(19-15)14(20)18-12-7-5-6-8-12/h9-10,12H,4-8H2,1-3H3,(H,18,20)(H,16,17,19). The summed E-state index contributed by atoms with van der Waals surface area (Å²) >= 11 is 0. The molecular weight excluding hydrogens is 252 g/mol. The van der Waals surface area contributed by atoms with Gasteiger partial charge in [-0.3, -0.25) is 4.79 Å². The Bertz CT molecular complexity index is 469. The number of hydrogen-bond donors (Lipinski definition) is 2. The van der Waals surface area contributed by atoms with E-state index in [1.165, 1.54) is 12.8 Å². The van der Waals surface area contributed by atoms with Crippen molar-refractivity contribution >= 4 is 11.9 Å². The van der Waals surface area contributed by atoms with Crippen LogP contribution in [0.25, 0.3) is 0 Å². The van der Waals surface area contributed by atoms with Gasteiger partial charge >= 0.3 is 0 Å². The molecule has 0 aromatic carbocycles. The fourth-order valence-electron chi connectivity index (χ4n) is 2.40. The largest absolute Gasteiger partial charge is 0.352 e. The monoisotopic (exact) mass is 276 g/mol. The second-order valence-electron chi connectivity index (χ2n) is 5.63. The molecule has 0 aliphatic heterocycles.